The summed E-state index contributed by atoms with van der Waals surface area (Å²) in [6, 6.07) is 16.4. The van der Waals surface area contributed by atoms with Gasteiger partial charge in [0.15, 0.2) is 0 Å². The molecule has 0 aromatic heterocycles. The Bertz CT molecular complexity index is 468. The van der Waals surface area contributed by atoms with Crippen LogP contribution in [0.25, 0.3) is 0 Å². The van der Waals surface area contributed by atoms with Gasteiger partial charge in [0.1, 0.15) is 0 Å². The molecule has 1 N–H and O–H groups in total. The summed E-state index contributed by atoms with van der Waals surface area (Å²) in [4.78, 5) is 2.43. The molecular formula is C13H11IOS. The highest BCUT2D eigenvalue weighted by Crippen LogP contribution is 2.28. The van der Waals surface area contributed by atoms with Gasteiger partial charge in [-0.25, -0.2) is 0 Å². The van der Waals surface area contributed by atoms with Gasteiger partial charge in [0.05, 0.1) is 6.61 Å². The summed E-state index contributed by atoms with van der Waals surface area (Å²) in [5, 5.41) is 8.95. The third-order valence-electron chi connectivity index (χ3n) is 2.14. The van der Waals surface area contributed by atoms with E-state index in [4.69, 9.17) is 5.11 Å². The van der Waals surface area contributed by atoms with Gasteiger partial charge in [-0.15, -0.1) is 0 Å². The van der Waals surface area contributed by atoms with Crippen LogP contribution in [0.15, 0.2) is 58.3 Å². The lowest BCUT2D eigenvalue weighted by Crippen LogP contribution is -1.81. The zero-order valence-corrected chi connectivity index (χ0v) is 11.5. The Morgan fingerprint density at radius 2 is 1.75 bits per heavy atom. The first kappa shape index (κ1) is 12.0. The van der Waals surface area contributed by atoms with Crippen LogP contribution in [-0.2, 0) is 6.61 Å². The Labute approximate surface area is 113 Å². The van der Waals surface area contributed by atoms with Crippen molar-refractivity contribution in [1.29, 1.82) is 0 Å². The highest BCUT2D eigenvalue weighted by atomic mass is 127. The van der Waals surface area contributed by atoms with Crippen molar-refractivity contribution in [1.82, 2.24) is 0 Å². The predicted octanol–water partition coefficient (Wildman–Crippen LogP) is 3.93. The van der Waals surface area contributed by atoms with E-state index < -0.39 is 0 Å². The fourth-order valence-corrected chi connectivity index (χ4v) is 2.96. The minimum absolute atomic E-state index is 0.105. The Morgan fingerprint density at radius 1 is 1.00 bits per heavy atom. The maximum Gasteiger partial charge on any atom is 0.0681 e. The van der Waals surface area contributed by atoms with Crippen molar-refractivity contribution >= 4 is 34.4 Å². The van der Waals surface area contributed by atoms with Crippen LogP contribution in [0, 0.1) is 3.57 Å². The zero-order chi connectivity index (χ0) is 11.4. The number of aliphatic hydroxyl groups excluding tert-OH is 1. The third kappa shape index (κ3) is 3.23. The highest BCUT2D eigenvalue weighted by molar-refractivity contribution is 14.1. The van der Waals surface area contributed by atoms with Gasteiger partial charge in [-0.05, 0) is 58.5 Å². The van der Waals surface area contributed by atoms with Crippen molar-refractivity contribution < 1.29 is 5.11 Å². The molecule has 3 heteroatoms. The molecule has 0 saturated carbocycles. The van der Waals surface area contributed by atoms with Crippen LogP contribution in [0.4, 0.5) is 0 Å². The third-order valence-corrected chi connectivity index (χ3v) is 3.81. The SMILES string of the molecule is OCc1ccc(Sc2cccc(I)c2)cc1. The van der Waals surface area contributed by atoms with Crippen molar-refractivity contribution in [3.05, 3.63) is 57.7 Å². The smallest absolute Gasteiger partial charge is 0.0681 e. The second-order valence-electron chi connectivity index (χ2n) is 3.36. The van der Waals surface area contributed by atoms with Gasteiger partial charge in [0.25, 0.3) is 0 Å². The molecule has 0 bridgehead atoms. The maximum absolute atomic E-state index is 8.95. The lowest BCUT2D eigenvalue weighted by Gasteiger charge is -2.03. The summed E-state index contributed by atoms with van der Waals surface area (Å²) >= 11 is 4.05. The van der Waals surface area contributed by atoms with Gasteiger partial charge in [-0.3, -0.25) is 0 Å². The van der Waals surface area contributed by atoms with Gasteiger partial charge in [0, 0.05) is 13.4 Å². The quantitative estimate of drug-likeness (QED) is 0.853. The van der Waals surface area contributed by atoms with Crippen LogP contribution in [-0.4, -0.2) is 5.11 Å². The minimum Gasteiger partial charge on any atom is -0.392 e. The van der Waals surface area contributed by atoms with E-state index in [0.717, 1.165) is 5.56 Å². The fourth-order valence-electron chi connectivity index (χ4n) is 1.33. The predicted molar refractivity (Wildman–Crippen MR) is 75.6 cm³/mol. The number of benzene rings is 2. The maximum atomic E-state index is 8.95. The Balaban J connectivity index is 2.14. The first-order valence-corrected chi connectivity index (χ1v) is 6.80. The Morgan fingerprint density at radius 3 is 2.38 bits per heavy atom. The van der Waals surface area contributed by atoms with E-state index in [1.807, 2.05) is 24.3 Å². The van der Waals surface area contributed by atoms with E-state index in [0.29, 0.717) is 0 Å². The molecule has 2 aromatic rings. The molecular weight excluding hydrogens is 331 g/mol. The number of hydrogen-bond acceptors (Lipinski definition) is 2. The van der Waals surface area contributed by atoms with Crippen LogP contribution in [0.3, 0.4) is 0 Å². The molecule has 0 aliphatic rings. The molecule has 0 amide bonds. The number of aliphatic hydroxyl groups is 1. The molecule has 0 unspecified atom stereocenters. The molecule has 1 nitrogen and oxygen atoms in total. The van der Waals surface area contributed by atoms with Gasteiger partial charge in [-0.2, -0.15) is 0 Å². The summed E-state index contributed by atoms with van der Waals surface area (Å²) in [6.45, 7) is 0.105. The van der Waals surface area contributed by atoms with E-state index >= 15 is 0 Å². The molecule has 2 aromatic carbocycles. The van der Waals surface area contributed by atoms with Gasteiger partial charge in [0.2, 0.25) is 0 Å². The summed E-state index contributed by atoms with van der Waals surface area (Å²) in [6.07, 6.45) is 0. The van der Waals surface area contributed by atoms with Crippen molar-refractivity contribution in [3.63, 3.8) is 0 Å². The summed E-state index contributed by atoms with van der Waals surface area (Å²) in [5.74, 6) is 0. The van der Waals surface area contributed by atoms with Crippen LogP contribution in [0.2, 0.25) is 0 Å². The minimum atomic E-state index is 0.105. The molecule has 0 radical (unpaired) electrons. The number of hydrogen-bond donors (Lipinski definition) is 1. The van der Waals surface area contributed by atoms with Crippen molar-refractivity contribution in [2.24, 2.45) is 0 Å². The molecule has 0 atom stereocenters. The second-order valence-corrected chi connectivity index (χ2v) is 5.75. The van der Waals surface area contributed by atoms with Gasteiger partial charge < -0.3 is 5.11 Å². The van der Waals surface area contributed by atoms with E-state index in [-0.39, 0.29) is 6.61 Å². The largest absolute Gasteiger partial charge is 0.392 e. The molecule has 0 spiro atoms. The molecule has 2 rings (SSSR count). The van der Waals surface area contributed by atoms with Crippen LogP contribution < -0.4 is 0 Å². The van der Waals surface area contributed by atoms with Crippen LogP contribution in [0.5, 0.6) is 0 Å². The molecule has 0 aliphatic heterocycles. The average Bonchev–Trinajstić information content (AvgIpc) is 2.30. The van der Waals surface area contributed by atoms with Crippen LogP contribution >= 0.6 is 34.4 Å². The number of halogens is 1. The lowest BCUT2D eigenvalue weighted by atomic mass is 10.2. The fraction of sp³-hybridized carbons (Fsp3) is 0.0769. The van der Waals surface area contributed by atoms with Crippen LogP contribution in [0.1, 0.15) is 5.56 Å². The number of rotatable bonds is 3. The highest BCUT2D eigenvalue weighted by Gasteiger charge is 1.98. The van der Waals surface area contributed by atoms with E-state index in [1.54, 1.807) is 11.8 Å². The van der Waals surface area contributed by atoms with Gasteiger partial charge >= 0.3 is 0 Å². The average molecular weight is 342 g/mol. The Kier molecular flexibility index (Phi) is 4.26. The normalized spacial score (nSPS) is 10.4. The molecule has 16 heavy (non-hydrogen) atoms. The van der Waals surface area contributed by atoms with E-state index in [2.05, 4.69) is 46.9 Å². The molecule has 0 fully saturated rings. The van der Waals surface area contributed by atoms with Gasteiger partial charge in [-0.1, -0.05) is 30.0 Å². The summed E-state index contributed by atoms with van der Waals surface area (Å²) < 4.78 is 1.24. The lowest BCUT2D eigenvalue weighted by molar-refractivity contribution is 0.282. The summed E-state index contributed by atoms with van der Waals surface area (Å²) in [7, 11) is 0. The molecule has 0 saturated heterocycles. The van der Waals surface area contributed by atoms with Crippen molar-refractivity contribution in [3.8, 4) is 0 Å². The standard InChI is InChI=1S/C13H11IOS/c14-11-2-1-3-13(8-11)16-12-6-4-10(9-15)5-7-12/h1-8,15H,9H2. The monoisotopic (exact) mass is 342 g/mol. The molecule has 82 valence electrons. The zero-order valence-electron chi connectivity index (χ0n) is 8.56. The Hall–Kier alpha value is -0.520. The first-order valence-electron chi connectivity index (χ1n) is 4.91. The van der Waals surface area contributed by atoms with Crippen molar-refractivity contribution in [2.75, 3.05) is 0 Å². The van der Waals surface area contributed by atoms with Crippen molar-refractivity contribution in [2.45, 2.75) is 16.4 Å². The molecule has 0 heterocycles. The van der Waals surface area contributed by atoms with E-state index in [1.165, 1.54) is 13.4 Å². The van der Waals surface area contributed by atoms with E-state index in [9.17, 15) is 0 Å². The molecule has 0 aliphatic carbocycles. The summed E-state index contributed by atoms with van der Waals surface area (Å²) in [5.41, 5.74) is 0.951. The topological polar surface area (TPSA) is 20.2 Å². The first-order chi connectivity index (χ1) is 7.78. The second kappa shape index (κ2) is 5.70.